The maximum atomic E-state index is 12.3. The minimum absolute atomic E-state index is 0.208. The number of likely N-dealkylation sites (tertiary alicyclic amines) is 2. The summed E-state index contributed by atoms with van der Waals surface area (Å²) in [7, 11) is 2.04. The second-order valence-electron chi connectivity index (χ2n) is 6.09. The first-order valence-corrected chi connectivity index (χ1v) is 5.86. The van der Waals surface area contributed by atoms with Crippen molar-refractivity contribution in [3.8, 4) is 0 Å². The Labute approximate surface area is 92.4 Å². The largest absolute Gasteiger partial charge is 0.341 e. The Balaban J connectivity index is 2.04. The Bertz CT molecular complexity index is 287. The number of carbonyl (C=O) groups excluding carboxylic acids is 1. The van der Waals surface area contributed by atoms with Gasteiger partial charge >= 0.3 is 0 Å². The molecule has 0 N–H and O–H groups in total. The zero-order valence-electron chi connectivity index (χ0n) is 10.3. The van der Waals surface area contributed by atoms with Crippen LogP contribution in [-0.2, 0) is 4.79 Å². The fourth-order valence-corrected chi connectivity index (χ4v) is 2.57. The van der Waals surface area contributed by atoms with Gasteiger partial charge in [-0.05, 0) is 32.2 Å². The monoisotopic (exact) mass is 210 g/mol. The first-order valence-electron chi connectivity index (χ1n) is 5.86. The van der Waals surface area contributed by atoms with Gasteiger partial charge in [0.25, 0.3) is 0 Å². The molecule has 2 aliphatic heterocycles. The highest BCUT2D eigenvalue weighted by Crippen LogP contribution is 2.35. The van der Waals surface area contributed by atoms with E-state index < -0.39 is 0 Å². The normalized spacial score (nSPS) is 35.3. The van der Waals surface area contributed by atoms with E-state index >= 15 is 0 Å². The zero-order valence-corrected chi connectivity index (χ0v) is 10.3. The standard InChI is InChI=1S/C12H22N2O/c1-11(2)5-8-14(9-11)10(15)12(3)6-7-13(12)4/h5-9H2,1-4H3. The van der Waals surface area contributed by atoms with E-state index in [1.807, 2.05) is 7.05 Å². The Morgan fingerprint density at radius 3 is 2.13 bits per heavy atom. The lowest BCUT2D eigenvalue weighted by Crippen LogP contribution is -2.64. The molecule has 2 heterocycles. The van der Waals surface area contributed by atoms with Crippen LogP contribution in [0.25, 0.3) is 0 Å². The molecule has 2 rings (SSSR count). The molecule has 1 amide bonds. The maximum Gasteiger partial charge on any atom is 0.242 e. The minimum Gasteiger partial charge on any atom is -0.341 e. The van der Waals surface area contributed by atoms with Crippen LogP contribution in [0.1, 0.15) is 33.6 Å². The van der Waals surface area contributed by atoms with E-state index in [0.29, 0.717) is 11.3 Å². The summed E-state index contributed by atoms with van der Waals surface area (Å²) in [5.74, 6) is 0.335. The van der Waals surface area contributed by atoms with Gasteiger partial charge in [0.1, 0.15) is 0 Å². The van der Waals surface area contributed by atoms with Crippen molar-refractivity contribution in [2.45, 2.75) is 39.2 Å². The molecule has 0 bridgehead atoms. The van der Waals surface area contributed by atoms with E-state index in [0.717, 1.165) is 32.5 Å². The van der Waals surface area contributed by atoms with Crippen LogP contribution in [0.3, 0.4) is 0 Å². The average molecular weight is 210 g/mol. The highest BCUT2D eigenvalue weighted by atomic mass is 16.2. The van der Waals surface area contributed by atoms with Crippen LogP contribution < -0.4 is 0 Å². The van der Waals surface area contributed by atoms with Crippen molar-refractivity contribution >= 4 is 5.91 Å². The third-order valence-electron chi connectivity index (χ3n) is 4.20. The second-order valence-corrected chi connectivity index (χ2v) is 6.09. The molecule has 0 aliphatic carbocycles. The van der Waals surface area contributed by atoms with Crippen LogP contribution in [0.4, 0.5) is 0 Å². The number of carbonyl (C=O) groups is 1. The predicted octanol–water partition coefficient (Wildman–Crippen LogP) is 1.34. The Kier molecular flexibility index (Phi) is 2.34. The Morgan fingerprint density at radius 1 is 1.13 bits per heavy atom. The molecule has 0 aromatic rings. The summed E-state index contributed by atoms with van der Waals surface area (Å²) < 4.78 is 0. The van der Waals surface area contributed by atoms with Crippen molar-refractivity contribution in [1.29, 1.82) is 0 Å². The quantitative estimate of drug-likeness (QED) is 0.652. The highest BCUT2D eigenvalue weighted by molar-refractivity contribution is 5.87. The smallest absolute Gasteiger partial charge is 0.242 e. The van der Waals surface area contributed by atoms with Gasteiger partial charge in [0.2, 0.25) is 5.91 Å². The van der Waals surface area contributed by atoms with E-state index in [4.69, 9.17) is 0 Å². The van der Waals surface area contributed by atoms with E-state index in [9.17, 15) is 4.79 Å². The van der Waals surface area contributed by atoms with Gasteiger partial charge < -0.3 is 4.90 Å². The summed E-state index contributed by atoms with van der Waals surface area (Å²) in [5, 5.41) is 0. The first kappa shape index (κ1) is 10.9. The van der Waals surface area contributed by atoms with Crippen molar-refractivity contribution in [1.82, 2.24) is 9.80 Å². The summed E-state index contributed by atoms with van der Waals surface area (Å²) in [5.41, 5.74) is 0.106. The molecule has 3 heteroatoms. The molecule has 1 atom stereocenters. The summed E-state index contributed by atoms with van der Waals surface area (Å²) in [6.07, 6.45) is 2.15. The van der Waals surface area contributed by atoms with Crippen LogP contribution in [0, 0.1) is 5.41 Å². The van der Waals surface area contributed by atoms with Crippen molar-refractivity contribution in [3.05, 3.63) is 0 Å². The number of nitrogens with zero attached hydrogens (tertiary/aromatic N) is 2. The molecule has 3 nitrogen and oxygen atoms in total. The van der Waals surface area contributed by atoms with E-state index in [1.54, 1.807) is 0 Å². The minimum atomic E-state index is -0.208. The Morgan fingerprint density at radius 2 is 1.80 bits per heavy atom. The summed E-state index contributed by atoms with van der Waals surface area (Å²) >= 11 is 0. The lowest BCUT2D eigenvalue weighted by molar-refractivity contribution is -0.149. The summed E-state index contributed by atoms with van der Waals surface area (Å²) in [6, 6.07) is 0. The van der Waals surface area contributed by atoms with Crippen molar-refractivity contribution in [3.63, 3.8) is 0 Å². The molecule has 2 fully saturated rings. The fraction of sp³-hybridized carbons (Fsp3) is 0.917. The van der Waals surface area contributed by atoms with Crippen LogP contribution in [0.2, 0.25) is 0 Å². The van der Waals surface area contributed by atoms with E-state index in [1.165, 1.54) is 0 Å². The third-order valence-corrected chi connectivity index (χ3v) is 4.20. The lowest BCUT2D eigenvalue weighted by Gasteiger charge is -2.48. The third kappa shape index (κ3) is 1.67. The SMILES string of the molecule is CN1CCC1(C)C(=O)N1CCC(C)(C)C1. The molecule has 0 aromatic heterocycles. The van der Waals surface area contributed by atoms with Gasteiger partial charge in [0.05, 0.1) is 5.54 Å². The van der Waals surface area contributed by atoms with Gasteiger partial charge in [-0.1, -0.05) is 13.8 Å². The van der Waals surface area contributed by atoms with Gasteiger partial charge in [0, 0.05) is 19.6 Å². The van der Waals surface area contributed by atoms with Gasteiger partial charge in [-0.15, -0.1) is 0 Å². The van der Waals surface area contributed by atoms with Crippen molar-refractivity contribution in [2.24, 2.45) is 5.41 Å². The molecule has 0 saturated carbocycles. The first-order chi connectivity index (χ1) is 6.85. The van der Waals surface area contributed by atoms with Crippen molar-refractivity contribution < 1.29 is 4.79 Å². The molecular weight excluding hydrogens is 188 g/mol. The van der Waals surface area contributed by atoms with Gasteiger partial charge in [0.15, 0.2) is 0 Å². The number of amides is 1. The number of hydrogen-bond acceptors (Lipinski definition) is 2. The van der Waals surface area contributed by atoms with Crippen LogP contribution in [0.5, 0.6) is 0 Å². The number of hydrogen-bond donors (Lipinski definition) is 0. The lowest BCUT2D eigenvalue weighted by atomic mass is 9.86. The second kappa shape index (κ2) is 3.21. The van der Waals surface area contributed by atoms with Crippen LogP contribution >= 0.6 is 0 Å². The zero-order chi connectivity index (χ0) is 11.3. The Hall–Kier alpha value is -0.570. The average Bonchev–Trinajstić information content (AvgIpc) is 2.54. The molecule has 0 radical (unpaired) electrons. The molecule has 1 unspecified atom stereocenters. The molecule has 2 saturated heterocycles. The molecule has 86 valence electrons. The predicted molar refractivity (Wildman–Crippen MR) is 60.6 cm³/mol. The van der Waals surface area contributed by atoms with E-state index in [-0.39, 0.29) is 5.54 Å². The molecule has 0 aromatic carbocycles. The molecule has 2 aliphatic rings. The topological polar surface area (TPSA) is 23.6 Å². The highest BCUT2D eigenvalue weighted by Gasteiger charge is 2.48. The molecular formula is C12H22N2O. The van der Waals surface area contributed by atoms with Crippen LogP contribution in [-0.4, -0.2) is 47.9 Å². The van der Waals surface area contributed by atoms with Crippen LogP contribution in [0.15, 0.2) is 0 Å². The summed E-state index contributed by atoms with van der Waals surface area (Å²) in [4.78, 5) is 16.6. The van der Waals surface area contributed by atoms with Gasteiger partial charge in [-0.3, -0.25) is 9.69 Å². The van der Waals surface area contributed by atoms with Gasteiger partial charge in [-0.2, -0.15) is 0 Å². The summed E-state index contributed by atoms with van der Waals surface area (Å²) in [6.45, 7) is 9.48. The molecule has 15 heavy (non-hydrogen) atoms. The number of likely N-dealkylation sites (N-methyl/N-ethyl adjacent to an activating group) is 1. The fourth-order valence-electron chi connectivity index (χ4n) is 2.57. The molecule has 0 spiro atoms. The number of rotatable bonds is 1. The van der Waals surface area contributed by atoms with E-state index in [2.05, 4.69) is 30.6 Å². The van der Waals surface area contributed by atoms with Gasteiger partial charge in [-0.25, -0.2) is 0 Å². The maximum absolute atomic E-state index is 12.3. The van der Waals surface area contributed by atoms with Crippen molar-refractivity contribution in [2.75, 3.05) is 26.7 Å².